The second-order valence-electron chi connectivity index (χ2n) is 6.08. The third-order valence-corrected chi connectivity index (χ3v) is 3.97. The average molecular weight is 283 g/mol. The molecule has 2 nitrogen and oxygen atoms in total. The van der Waals surface area contributed by atoms with Crippen molar-refractivity contribution in [2.24, 2.45) is 0 Å². The van der Waals surface area contributed by atoms with Crippen LogP contribution in [0.1, 0.15) is 44.4 Å². The Morgan fingerprint density at radius 1 is 1.14 bits per heavy atom. The van der Waals surface area contributed by atoms with Crippen molar-refractivity contribution in [3.63, 3.8) is 0 Å². The molecule has 0 bridgehead atoms. The van der Waals surface area contributed by atoms with E-state index in [1.54, 1.807) is 0 Å². The van der Waals surface area contributed by atoms with E-state index in [1.165, 1.54) is 0 Å². The highest BCUT2D eigenvalue weighted by Gasteiger charge is 2.19. The molecule has 0 saturated heterocycles. The number of aliphatic hydroxyl groups excluding tert-OH is 2. The number of aliphatic hydroxyl groups is 2. The van der Waals surface area contributed by atoms with Crippen LogP contribution in [0, 0.1) is 6.07 Å². The van der Waals surface area contributed by atoms with Crippen LogP contribution in [0.5, 0.6) is 0 Å². The molecule has 0 spiro atoms. The van der Waals surface area contributed by atoms with Crippen molar-refractivity contribution in [3.8, 4) is 11.1 Å². The standard InChI is InChI=1S/C19H23O2/c1-4-18(21)15-10-8-14(9-11-15)16-6-5-7-17(12-16)19(2,3)13-20/h5,7-12,18,20-21H,4,13H2,1-3H3. The van der Waals surface area contributed by atoms with E-state index >= 15 is 0 Å². The van der Waals surface area contributed by atoms with Gasteiger partial charge in [0.15, 0.2) is 0 Å². The fraction of sp³-hybridized carbons (Fsp3) is 0.368. The maximum absolute atomic E-state index is 9.84. The fourth-order valence-electron chi connectivity index (χ4n) is 2.27. The summed E-state index contributed by atoms with van der Waals surface area (Å²) >= 11 is 0. The molecule has 2 heteroatoms. The molecule has 0 aliphatic rings. The van der Waals surface area contributed by atoms with Crippen LogP contribution in [0.15, 0.2) is 42.5 Å². The summed E-state index contributed by atoms with van der Waals surface area (Å²) in [6, 6.07) is 17.1. The highest BCUT2D eigenvalue weighted by molar-refractivity contribution is 5.64. The van der Waals surface area contributed by atoms with Gasteiger partial charge in [-0.25, -0.2) is 0 Å². The summed E-state index contributed by atoms with van der Waals surface area (Å²) in [7, 11) is 0. The van der Waals surface area contributed by atoms with Crippen molar-refractivity contribution in [2.75, 3.05) is 6.61 Å². The molecule has 21 heavy (non-hydrogen) atoms. The third kappa shape index (κ3) is 3.52. The van der Waals surface area contributed by atoms with Crippen LogP contribution >= 0.6 is 0 Å². The van der Waals surface area contributed by atoms with Gasteiger partial charge in [-0.1, -0.05) is 57.2 Å². The zero-order valence-corrected chi connectivity index (χ0v) is 12.9. The van der Waals surface area contributed by atoms with E-state index in [1.807, 2.05) is 57.2 Å². The van der Waals surface area contributed by atoms with Crippen molar-refractivity contribution >= 4 is 0 Å². The first-order chi connectivity index (χ1) is 9.97. The maximum Gasteiger partial charge on any atom is 0.0787 e. The minimum Gasteiger partial charge on any atom is -0.395 e. The Balaban J connectivity index is 2.32. The van der Waals surface area contributed by atoms with E-state index in [4.69, 9.17) is 0 Å². The van der Waals surface area contributed by atoms with Gasteiger partial charge in [-0.15, -0.1) is 0 Å². The molecular weight excluding hydrogens is 260 g/mol. The molecule has 0 aliphatic heterocycles. The van der Waals surface area contributed by atoms with Crippen molar-refractivity contribution in [2.45, 2.75) is 38.7 Å². The van der Waals surface area contributed by atoms with Crippen LogP contribution < -0.4 is 0 Å². The predicted octanol–water partition coefficient (Wildman–Crippen LogP) is 3.87. The molecule has 0 aliphatic carbocycles. The van der Waals surface area contributed by atoms with Crippen LogP contribution in [0.3, 0.4) is 0 Å². The Morgan fingerprint density at radius 3 is 2.38 bits per heavy atom. The Morgan fingerprint density at radius 2 is 1.81 bits per heavy atom. The molecule has 0 aromatic heterocycles. The van der Waals surface area contributed by atoms with Crippen molar-refractivity contribution in [1.82, 2.24) is 0 Å². The van der Waals surface area contributed by atoms with Gasteiger partial charge in [0.05, 0.1) is 12.7 Å². The summed E-state index contributed by atoms with van der Waals surface area (Å²) < 4.78 is 0. The molecule has 2 aromatic rings. The largest absolute Gasteiger partial charge is 0.395 e. The Kier molecular flexibility index (Phi) is 4.81. The van der Waals surface area contributed by atoms with Gasteiger partial charge in [-0.3, -0.25) is 0 Å². The molecule has 1 radical (unpaired) electrons. The minimum absolute atomic E-state index is 0.109. The summed E-state index contributed by atoms with van der Waals surface area (Å²) in [6.07, 6.45) is 0.314. The molecule has 0 amide bonds. The van der Waals surface area contributed by atoms with E-state index in [0.717, 1.165) is 22.3 Å². The van der Waals surface area contributed by atoms with Crippen molar-refractivity contribution in [3.05, 3.63) is 59.7 Å². The van der Waals surface area contributed by atoms with Crippen molar-refractivity contribution < 1.29 is 10.2 Å². The molecule has 2 aromatic carbocycles. The second kappa shape index (κ2) is 6.42. The van der Waals surface area contributed by atoms with Crippen LogP contribution in [0.25, 0.3) is 11.1 Å². The molecule has 1 unspecified atom stereocenters. The topological polar surface area (TPSA) is 40.5 Å². The van der Waals surface area contributed by atoms with E-state index < -0.39 is 6.10 Å². The molecule has 1 atom stereocenters. The quantitative estimate of drug-likeness (QED) is 0.874. The minimum atomic E-state index is -0.400. The first-order valence-electron chi connectivity index (χ1n) is 7.39. The zero-order valence-electron chi connectivity index (χ0n) is 12.9. The summed E-state index contributed by atoms with van der Waals surface area (Å²) in [5, 5.41) is 19.3. The molecule has 111 valence electrons. The lowest BCUT2D eigenvalue weighted by molar-refractivity contribution is 0.173. The van der Waals surface area contributed by atoms with Gasteiger partial charge < -0.3 is 10.2 Å². The second-order valence-corrected chi connectivity index (χ2v) is 6.08. The van der Waals surface area contributed by atoms with Crippen LogP contribution in [-0.2, 0) is 5.41 Å². The van der Waals surface area contributed by atoms with Gasteiger partial charge in [0.25, 0.3) is 0 Å². The summed E-state index contributed by atoms with van der Waals surface area (Å²) in [5.74, 6) is 0. The Hall–Kier alpha value is -1.64. The van der Waals surface area contributed by atoms with Crippen LogP contribution in [0.4, 0.5) is 0 Å². The SMILES string of the molecule is CCC(O)c1ccc(-c2[c]ccc(C(C)(C)CO)c2)cc1. The highest BCUT2D eigenvalue weighted by atomic mass is 16.3. The first-order valence-corrected chi connectivity index (χ1v) is 7.39. The van der Waals surface area contributed by atoms with E-state index in [9.17, 15) is 10.2 Å². The average Bonchev–Trinajstić information content (AvgIpc) is 2.54. The van der Waals surface area contributed by atoms with Gasteiger partial charge in [-0.2, -0.15) is 0 Å². The summed E-state index contributed by atoms with van der Waals surface area (Å²) in [4.78, 5) is 0. The number of benzene rings is 2. The van der Waals surface area contributed by atoms with Gasteiger partial charge in [0.2, 0.25) is 0 Å². The number of rotatable bonds is 5. The molecule has 0 fully saturated rings. The molecule has 2 rings (SSSR count). The van der Waals surface area contributed by atoms with Gasteiger partial charge in [-0.05, 0) is 40.8 Å². The third-order valence-electron chi connectivity index (χ3n) is 3.97. The Bertz CT molecular complexity index is 585. The Labute approximate surface area is 127 Å². The van der Waals surface area contributed by atoms with E-state index in [-0.39, 0.29) is 12.0 Å². The van der Waals surface area contributed by atoms with Gasteiger partial charge in [0.1, 0.15) is 0 Å². The van der Waals surface area contributed by atoms with Gasteiger partial charge >= 0.3 is 0 Å². The zero-order chi connectivity index (χ0) is 15.5. The lowest BCUT2D eigenvalue weighted by atomic mass is 9.84. The fourth-order valence-corrected chi connectivity index (χ4v) is 2.27. The molecule has 0 saturated carbocycles. The van der Waals surface area contributed by atoms with Crippen LogP contribution in [-0.4, -0.2) is 16.8 Å². The van der Waals surface area contributed by atoms with E-state index in [0.29, 0.717) is 6.42 Å². The van der Waals surface area contributed by atoms with Gasteiger partial charge in [0, 0.05) is 5.41 Å². The lowest BCUT2D eigenvalue weighted by Crippen LogP contribution is -2.21. The number of hydrogen-bond donors (Lipinski definition) is 2. The smallest absolute Gasteiger partial charge is 0.0787 e. The maximum atomic E-state index is 9.84. The number of hydrogen-bond acceptors (Lipinski definition) is 2. The monoisotopic (exact) mass is 283 g/mol. The molecular formula is C19H23O2. The highest BCUT2D eigenvalue weighted by Crippen LogP contribution is 2.28. The van der Waals surface area contributed by atoms with Crippen LogP contribution in [0.2, 0.25) is 0 Å². The molecule has 0 heterocycles. The normalized spacial score (nSPS) is 13.2. The lowest BCUT2D eigenvalue weighted by Gasteiger charge is -2.22. The first kappa shape index (κ1) is 15.7. The predicted molar refractivity (Wildman–Crippen MR) is 86.1 cm³/mol. The van der Waals surface area contributed by atoms with E-state index in [2.05, 4.69) is 12.1 Å². The van der Waals surface area contributed by atoms with Crippen molar-refractivity contribution in [1.29, 1.82) is 0 Å². The summed E-state index contributed by atoms with van der Waals surface area (Å²) in [6.45, 7) is 6.12. The molecule has 2 N–H and O–H groups in total. The summed E-state index contributed by atoms with van der Waals surface area (Å²) in [5.41, 5.74) is 3.84.